The van der Waals surface area contributed by atoms with Gasteiger partial charge in [0.05, 0.1) is 24.3 Å². The molecule has 0 saturated carbocycles. The second-order valence-corrected chi connectivity index (χ2v) is 10.1. The molecule has 1 aliphatic rings. The van der Waals surface area contributed by atoms with Gasteiger partial charge in [-0.1, -0.05) is 35.3 Å². The highest BCUT2D eigenvalue weighted by molar-refractivity contribution is 6.42. The molecule has 37 heavy (non-hydrogen) atoms. The molecule has 1 saturated heterocycles. The van der Waals surface area contributed by atoms with Crippen molar-refractivity contribution in [3.05, 3.63) is 70.2 Å². The summed E-state index contributed by atoms with van der Waals surface area (Å²) < 4.78 is 10.7. The number of hydrogen-bond acceptors (Lipinski definition) is 6. The minimum atomic E-state index is 0.0120. The lowest BCUT2D eigenvalue weighted by Gasteiger charge is -2.12. The van der Waals surface area contributed by atoms with Crippen LogP contribution in [0.3, 0.4) is 0 Å². The predicted octanol–water partition coefficient (Wildman–Crippen LogP) is 5.13. The monoisotopic (exact) mass is 542 g/mol. The molecular formula is C28H32Cl2N4O3. The molecule has 9 heteroatoms. The molecule has 1 aromatic heterocycles. The Kier molecular flexibility index (Phi) is 9.61. The van der Waals surface area contributed by atoms with Crippen molar-refractivity contribution >= 4 is 29.1 Å². The van der Waals surface area contributed by atoms with Gasteiger partial charge < -0.3 is 20.1 Å². The van der Waals surface area contributed by atoms with Crippen LogP contribution in [-0.4, -0.2) is 49.2 Å². The first-order chi connectivity index (χ1) is 17.9. The van der Waals surface area contributed by atoms with Gasteiger partial charge in [0.2, 0.25) is 5.91 Å². The Morgan fingerprint density at radius 2 is 1.81 bits per heavy atom. The van der Waals surface area contributed by atoms with Crippen LogP contribution in [-0.2, 0) is 17.6 Å². The molecule has 0 aliphatic carbocycles. The lowest BCUT2D eigenvalue weighted by atomic mass is 9.96. The fraction of sp³-hybridized carbons (Fsp3) is 0.393. The fourth-order valence-corrected chi connectivity index (χ4v) is 4.95. The summed E-state index contributed by atoms with van der Waals surface area (Å²) in [6.45, 7) is 1.62. The van der Waals surface area contributed by atoms with Gasteiger partial charge in [0, 0.05) is 43.4 Å². The van der Waals surface area contributed by atoms with Crippen molar-refractivity contribution in [2.45, 2.75) is 38.1 Å². The average Bonchev–Trinajstić information content (AvgIpc) is 3.36. The second-order valence-electron chi connectivity index (χ2n) is 9.26. The molecule has 2 atom stereocenters. The van der Waals surface area contributed by atoms with Gasteiger partial charge in [0.25, 0.3) is 0 Å². The number of amides is 1. The lowest BCUT2D eigenvalue weighted by Crippen LogP contribution is -2.30. The molecule has 1 aliphatic heterocycles. The van der Waals surface area contributed by atoms with Crippen molar-refractivity contribution in [1.29, 1.82) is 0 Å². The van der Waals surface area contributed by atoms with Gasteiger partial charge in [0.15, 0.2) is 11.5 Å². The molecule has 2 aromatic carbocycles. The van der Waals surface area contributed by atoms with E-state index in [1.165, 1.54) is 5.56 Å². The maximum Gasteiger partial charge on any atom is 0.220 e. The molecule has 3 aromatic rings. The summed E-state index contributed by atoms with van der Waals surface area (Å²) in [6.07, 6.45) is 7.33. The number of nitrogens with zero attached hydrogens (tertiary/aromatic N) is 2. The number of hydrogen-bond donors (Lipinski definition) is 2. The SMILES string of the molecule is COc1ccc(-c2cnc(CCC(=O)NCCC3CC(Cc4ccc(Cl)c(Cl)c4)CN3)nc2)cc1OC. The summed E-state index contributed by atoms with van der Waals surface area (Å²) in [7, 11) is 3.21. The van der Waals surface area contributed by atoms with E-state index >= 15 is 0 Å². The smallest absolute Gasteiger partial charge is 0.220 e. The summed E-state index contributed by atoms with van der Waals surface area (Å²) >= 11 is 12.2. The number of halogens is 2. The van der Waals surface area contributed by atoms with E-state index in [-0.39, 0.29) is 5.91 Å². The van der Waals surface area contributed by atoms with Gasteiger partial charge in [0.1, 0.15) is 5.82 Å². The Balaban J connectivity index is 1.16. The van der Waals surface area contributed by atoms with Crippen LogP contribution in [0.2, 0.25) is 10.0 Å². The highest BCUT2D eigenvalue weighted by atomic mass is 35.5. The summed E-state index contributed by atoms with van der Waals surface area (Å²) in [6, 6.07) is 11.9. The highest BCUT2D eigenvalue weighted by Gasteiger charge is 2.24. The number of rotatable bonds is 11. The van der Waals surface area contributed by atoms with E-state index in [9.17, 15) is 4.79 Å². The number of carbonyl (C=O) groups is 1. The Hall–Kier alpha value is -2.87. The summed E-state index contributed by atoms with van der Waals surface area (Å²) in [5, 5.41) is 7.78. The number of carbonyl (C=O) groups excluding carboxylic acids is 1. The first-order valence-corrected chi connectivity index (χ1v) is 13.2. The molecule has 1 fully saturated rings. The topological polar surface area (TPSA) is 85.4 Å². The molecule has 196 valence electrons. The number of aromatic nitrogens is 2. The number of nitrogens with one attached hydrogen (secondary N) is 2. The highest BCUT2D eigenvalue weighted by Crippen LogP contribution is 2.32. The first kappa shape index (κ1) is 27.2. The normalized spacial score (nSPS) is 17.0. The minimum absolute atomic E-state index is 0.0120. The fourth-order valence-electron chi connectivity index (χ4n) is 4.63. The predicted molar refractivity (Wildman–Crippen MR) is 147 cm³/mol. The van der Waals surface area contributed by atoms with Gasteiger partial charge in [-0.05, 0) is 67.1 Å². The van der Waals surface area contributed by atoms with Gasteiger partial charge >= 0.3 is 0 Å². The average molecular weight is 543 g/mol. The molecule has 0 radical (unpaired) electrons. The van der Waals surface area contributed by atoms with Crippen molar-refractivity contribution in [1.82, 2.24) is 20.6 Å². The standard InChI is InChI=1S/C28H32Cl2N4O3/c1-36-25-6-4-20(14-26(25)37-2)21-16-33-27(34-17-21)7-8-28(35)31-10-9-22-12-19(15-32-22)11-18-3-5-23(29)24(30)13-18/h3-6,13-14,16-17,19,22,32H,7-12,15H2,1-2H3,(H,31,35). The molecule has 2 unspecified atom stereocenters. The van der Waals surface area contributed by atoms with E-state index in [2.05, 4.69) is 20.6 Å². The third-order valence-corrected chi connectivity index (χ3v) is 7.37. The first-order valence-electron chi connectivity index (χ1n) is 12.4. The molecule has 0 bridgehead atoms. The zero-order valence-electron chi connectivity index (χ0n) is 21.1. The largest absolute Gasteiger partial charge is 0.493 e. The van der Waals surface area contributed by atoms with E-state index in [0.717, 1.165) is 36.9 Å². The minimum Gasteiger partial charge on any atom is -0.493 e. The second kappa shape index (κ2) is 13.1. The molecular weight excluding hydrogens is 511 g/mol. The molecule has 2 heterocycles. The lowest BCUT2D eigenvalue weighted by molar-refractivity contribution is -0.121. The van der Waals surface area contributed by atoms with Crippen LogP contribution in [0.4, 0.5) is 0 Å². The number of benzene rings is 2. The summed E-state index contributed by atoms with van der Waals surface area (Å²) in [5.74, 6) is 2.52. The van der Waals surface area contributed by atoms with Crippen molar-refractivity contribution in [3.63, 3.8) is 0 Å². The molecule has 2 N–H and O–H groups in total. The van der Waals surface area contributed by atoms with Crippen LogP contribution >= 0.6 is 23.2 Å². The molecule has 1 amide bonds. The molecule has 0 spiro atoms. The Morgan fingerprint density at radius 3 is 2.54 bits per heavy atom. The van der Waals surface area contributed by atoms with E-state index in [4.69, 9.17) is 32.7 Å². The van der Waals surface area contributed by atoms with Crippen LogP contribution < -0.4 is 20.1 Å². The summed E-state index contributed by atoms with van der Waals surface area (Å²) in [4.78, 5) is 21.2. The van der Waals surface area contributed by atoms with E-state index in [1.54, 1.807) is 26.6 Å². The van der Waals surface area contributed by atoms with Crippen LogP contribution in [0.15, 0.2) is 48.8 Å². The third-order valence-electron chi connectivity index (χ3n) is 6.63. The zero-order valence-corrected chi connectivity index (χ0v) is 22.6. The van der Waals surface area contributed by atoms with Crippen LogP contribution in [0.1, 0.15) is 30.7 Å². The maximum atomic E-state index is 12.3. The van der Waals surface area contributed by atoms with Crippen molar-refractivity contribution < 1.29 is 14.3 Å². The molecule has 4 rings (SSSR count). The van der Waals surface area contributed by atoms with E-state index in [1.807, 2.05) is 36.4 Å². The third kappa shape index (κ3) is 7.57. The number of aryl methyl sites for hydroxylation is 1. The Bertz CT molecular complexity index is 1210. The van der Waals surface area contributed by atoms with Gasteiger partial charge in [-0.15, -0.1) is 0 Å². The quantitative estimate of drug-likeness (QED) is 0.349. The van der Waals surface area contributed by atoms with Crippen LogP contribution in [0, 0.1) is 5.92 Å². The van der Waals surface area contributed by atoms with Gasteiger partial charge in [-0.2, -0.15) is 0 Å². The Labute approximate surface area is 227 Å². The van der Waals surface area contributed by atoms with E-state index < -0.39 is 0 Å². The molecule has 7 nitrogen and oxygen atoms in total. The van der Waals surface area contributed by atoms with Gasteiger partial charge in [-0.3, -0.25) is 4.79 Å². The van der Waals surface area contributed by atoms with Crippen LogP contribution in [0.25, 0.3) is 11.1 Å². The van der Waals surface area contributed by atoms with Gasteiger partial charge in [-0.25, -0.2) is 9.97 Å². The summed E-state index contributed by atoms with van der Waals surface area (Å²) in [5.41, 5.74) is 3.01. The van der Waals surface area contributed by atoms with Crippen LogP contribution in [0.5, 0.6) is 11.5 Å². The Morgan fingerprint density at radius 1 is 1.03 bits per heavy atom. The maximum absolute atomic E-state index is 12.3. The van der Waals surface area contributed by atoms with Crippen molar-refractivity contribution in [3.8, 4) is 22.6 Å². The van der Waals surface area contributed by atoms with E-state index in [0.29, 0.717) is 58.7 Å². The van der Waals surface area contributed by atoms with Crippen molar-refractivity contribution in [2.75, 3.05) is 27.3 Å². The number of ether oxygens (including phenoxy) is 2. The number of methoxy groups -OCH3 is 2. The van der Waals surface area contributed by atoms with Crippen molar-refractivity contribution in [2.24, 2.45) is 5.92 Å². The zero-order chi connectivity index (χ0) is 26.2.